The van der Waals surface area contributed by atoms with Crippen LogP contribution in [0.15, 0.2) is 11.6 Å². The van der Waals surface area contributed by atoms with Crippen LogP contribution in [0, 0.1) is 22.7 Å². The minimum absolute atomic E-state index is 0.172. The summed E-state index contributed by atoms with van der Waals surface area (Å²) in [5.74, 6) is 1.35. The van der Waals surface area contributed by atoms with Crippen LogP contribution in [0.5, 0.6) is 0 Å². The molecule has 0 bridgehead atoms. The summed E-state index contributed by atoms with van der Waals surface area (Å²) in [6.07, 6.45) is 7.36. The summed E-state index contributed by atoms with van der Waals surface area (Å²) in [5.41, 5.74) is 1.44. The first-order valence-electron chi connectivity index (χ1n) is 13.5. The lowest BCUT2D eigenvalue weighted by Crippen LogP contribution is -2.51. The second-order valence-electron chi connectivity index (χ2n) is 12.7. The molecule has 6 heteroatoms. The van der Waals surface area contributed by atoms with Crippen molar-refractivity contribution >= 4 is 11.8 Å². The van der Waals surface area contributed by atoms with E-state index in [1.165, 1.54) is 5.57 Å². The maximum atomic E-state index is 13.0. The molecule has 0 aromatic heterocycles. The van der Waals surface area contributed by atoms with Crippen LogP contribution in [0.2, 0.25) is 0 Å². The lowest BCUT2D eigenvalue weighted by molar-refractivity contribution is -0.141. The molecule has 0 N–H and O–H groups in total. The number of hydrogen-bond acceptors (Lipinski definition) is 4. The molecule has 6 nitrogen and oxygen atoms in total. The highest BCUT2D eigenvalue weighted by Gasteiger charge is 2.32. The molecule has 2 fully saturated rings. The number of carbonyl (C=O) groups is 2. The monoisotopic (exact) mass is 475 g/mol. The Labute approximate surface area is 208 Å². The van der Waals surface area contributed by atoms with Gasteiger partial charge in [0.25, 0.3) is 0 Å². The predicted molar refractivity (Wildman–Crippen MR) is 137 cm³/mol. The molecule has 0 aromatic rings. The topological polar surface area (TPSA) is 53.1 Å². The zero-order valence-electron chi connectivity index (χ0n) is 22.7. The summed E-state index contributed by atoms with van der Waals surface area (Å²) >= 11 is 0. The van der Waals surface area contributed by atoms with Gasteiger partial charge in [0.05, 0.1) is 6.61 Å². The lowest BCUT2D eigenvalue weighted by Gasteiger charge is -2.38. The maximum absolute atomic E-state index is 13.0. The standard InChI is InChI=1S/C28H49N3O3/c1-27(2,3)24-9-7-23(8-10-24)25(32)30-17-15-29(16-18-30)19-20-34-21-22-11-13-31(14-12-22)26(33)28(4,5)6/h9,22-23H,7-8,10-21H2,1-6H3. The fourth-order valence-electron chi connectivity index (χ4n) is 5.41. The largest absolute Gasteiger partial charge is 0.380 e. The fourth-order valence-corrected chi connectivity index (χ4v) is 5.41. The smallest absolute Gasteiger partial charge is 0.227 e. The van der Waals surface area contributed by atoms with E-state index in [0.29, 0.717) is 11.8 Å². The van der Waals surface area contributed by atoms with E-state index in [2.05, 4.69) is 36.6 Å². The Morgan fingerprint density at radius 3 is 2.09 bits per heavy atom. The van der Waals surface area contributed by atoms with Crippen LogP contribution >= 0.6 is 0 Å². The van der Waals surface area contributed by atoms with Crippen molar-refractivity contribution in [3.05, 3.63) is 11.6 Å². The lowest BCUT2D eigenvalue weighted by atomic mass is 9.77. The first kappa shape index (κ1) is 27.2. The third kappa shape index (κ3) is 7.55. The number of carbonyl (C=O) groups excluding carboxylic acids is 2. The van der Waals surface area contributed by atoms with Crippen molar-refractivity contribution in [2.24, 2.45) is 22.7 Å². The third-order valence-electron chi connectivity index (χ3n) is 7.86. The van der Waals surface area contributed by atoms with Crippen LogP contribution < -0.4 is 0 Å². The Bertz CT molecular complexity index is 718. The molecule has 2 amide bonds. The summed E-state index contributed by atoms with van der Waals surface area (Å²) < 4.78 is 6.01. The molecule has 2 saturated heterocycles. The summed E-state index contributed by atoms with van der Waals surface area (Å²) in [5, 5.41) is 0. The predicted octanol–water partition coefficient (Wildman–Crippen LogP) is 4.20. The van der Waals surface area contributed by atoms with Crippen LogP contribution in [-0.4, -0.2) is 85.5 Å². The maximum Gasteiger partial charge on any atom is 0.227 e. The molecule has 1 atom stereocenters. The average molecular weight is 476 g/mol. The van der Waals surface area contributed by atoms with Gasteiger partial charge in [0.15, 0.2) is 0 Å². The Morgan fingerprint density at radius 1 is 0.912 bits per heavy atom. The first-order valence-corrected chi connectivity index (χ1v) is 13.5. The van der Waals surface area contributed by atoms with Crippen molar-refractivity contribution in [3.63, 3.8) is 0 Å². The van der Waals surface area contributed by atoms with Gasteiger partial charge in [-0.1, -0.05) is 53.2 Å². The molecule has 2 heterocycles. The molecule has 1 aliphatic carbocycles. The van der Waals surface area contributed by atoms with Gasteiger partial charge in [-0.15, -0.1) is 0 Å². The Kier molecular flexibility index (Phi) is 9.24. The van der Waals surface area contributed by atoms with Crippen molar-refractivity contribution in [2.75, 3.05) is 59.0 Å². The molecule has 2 aliphatic heterocycles. The number of hydrogen-bond donors (Lipinski definition) is 0. The summed E-state index contributed by atoms with van der Waals surface area (Å²) in [4.78, 5) is 32.0. The Morgan fingerprint density at radius 2 is 1.56 bits per heavy atom. The van der Waals surface area contributed by atoms with Gasteiger partial charge in [0.2, 0.25) is 11.8 Å². The Hall–Kier alpha value is -1.40. The van der Waals surface area contributed by atoms with E-state index in [0.717, 1.165) is 91.1 Å². The molecule has 34 heavy (non-hydrogen) atoms. The number of amides is 2. The third-order valence-corrected chi connectivity index (χ3v) is 7.86. The second-order valence-corrected chi connectivity index (χ2v) is 12.7. The zero-order valence-corrected chi connectivity index (χ0v) is 22.7. The SMILES string of the molecule is CC(C)(C)C(=O)N1CCC(COCCN2CCN(C(=O)C3CC=C(C(C)(C)C)CC3)CC2)CC1. The number of likely N-dealkylation sites (tertiary alicyclic amines) is 1. The van der Waals surface area contributed by atoms with Gasteiger partial charge in [0, 0.05) is 63.8 Å². The molecular weight excluding hydrogens is 426 g/mol. The van der Waals surface area contributed by atoms with Gasteiger partial charge in [-0.3, -0.25) is 14.5 Å². The van der Waals surface area contributed by atoms with Crippen molar-refractivity contribution in [1.82, 2.24) is 14.7 Å². The molecule has 3 aliphatic rings. The molecule has 3 rings (SSSR count). The summed E-state index contributed by atoms with van der Waals surface area (Å²) in [6, 6.07) is 0. The van der Waals surface area contributed by atoms with E-state index >= 15 is 0 Å². The van der Waals surface area contributed by atoms with Crippen LogP contribution in [0.25, 0.3) is 0 Å². The molecule has 0 radical (unpaired) electrons. The van der Waals surface area contributed by atoms with Crippen LogP contribution in [0.4, 0.5) is 0 Å². The van der Waals surface area contributed by atoms with Gasteiger partial charge in [-0.25, -0.2) is 0 Å². The van der Waals surface area contributed by atoms with Crippen molar-refractivity contribution < 1.29 is 14.3 Å². The molecule has 1 unspecified atom stereocenters. The fraction of sp³-hybridized carbons (Fsp3) is 0.857. The highest BCUT2D eigenvalue weighted by molar-refractivity contribution is 5.81. The number of allylic oxidation sites excluding steroid dienone is 2. The van der Waals surface area contributed by atoms with Crippen LogP contribution in [0.1, 0.15) is 73.6 Å². The van der Waals surface area contributed by atoms with E-state index in [1.54, 1.807) is 0 Å². The average Bonchev–Trinajstić information content (AvgIpc) is 2.80. The van der Waals surface area contributed by atoms with Gasteiger partial charge in [-0.05, 0) is 43.4 Å². The van der Waals surface area contributed by atoms with Gasteiger partial charge < -0.3 is 14.5 Å². The number of ether oxygens (including phenoxy) is 1. The minimum atomic E-state index is -0.290. The molecule has 0 aromatic carbocycles. The summed E-state index contributed by atoms with van der Waals surface area (Å²) in [6.45, 7) is 20.5. The molecule has 194 valence electrons. The zero-order chi connectivity index (χ0) is 24.9. The summed E-state index contributed by atoms with van der Waals surface area (Å²) in [7, 11) is 0. The van der Waals surface area contributed by atoms with E-state index in [1.807, 2.05) is 25.7 Å². The van der Waals surface area contributed by atoms with Crippen molar-refractivity contribution in [1.29, 1.82) is 0 Å². The van der Waals surface area contributed by atoms with Gasteiger partial charge >= 0.3 is 0 Å². The molecular formula is C28H49N3O3. The Balaban J connectivity index is 1.28. The van der Waals surface area contributed by atoms with Gasteiger partial charge in [-0.2, -0.15) is 0 Å². The quantitative estimate of drug-likeness (QED) is 0.427. The van der Waals surface area contributed by atoms with Crippen LogP contribution in [0.3, 0.4) is 0 Å². The molecule has 0 spiro atoms. The second kappa shape index (κ2) is 11.6. The highest BCUT2D eigenvalue weighted by Crippen LogP contribution is 2.35. The number of rotatable bonds is 6. The van der Waals surface area contributed by atoms with E-state index in [9.17, 15) is 9.59 Å². The first-order chi connectivity index (χ1) is 15.9. The van der Waals surface area contributed by atoms with E-state index < -0.39 is 0 Å². The normalized spacial score (nSPS) is 23.7. The molecule has 0 saturated carbocycles. The van der Waals surface area contributed by atoms with Crippen LogP contribution in [-0.2, 0) is 14.3 Å². The number of piperidine rings is 1. The van der Waals surface area contributed by atoms with E-state index in [-0.39, 0.29) is 22.7 Å². The van der Waals surface area contributed by atoms with Gasteiger partial charge in [0.1, 0.15) is 0 Å². The number of piperazine rings is 1. The van der Waals surface area contributed by atoms with Crippen molar-refractivity contribution in [3.8, 4) is 0 Å². The van der Waals surface area contributed by atoms with E-state index in [4.69, 9.17) is 4.74 Å². The number of nitrogens with zero attached hydrogens (tertiary/aromatic N) is 3. The highest BCUT2D eigenvalue weighted by atomic mass is 16.5. The minimum Gasteiger partial charge on any atom is -0.380 e. The van der Waals surface area contributed by atoms with Crippen molar-refractivity contribution in [2.45, 2.75) is 73.6 Å².